The summed E-state index contributed by atoms with van der Waals surface area (Å²) in [4.78, 5) is 22.5. The van der Waals surface area contributed by atoms with Crippen molar-refractivity contribution in [1.29, 1.82) is 0 Å². The van der Waals surface area contributed by atoms with Crippen LogP contribution in [0, 0.1) is 10.1 Å². The van der Waals surface area contributed by atoms with Gasteiger partial charge in [-0.2, -0.15) is 0 Å². The first-order chi connectivity index (χ1) is 13.5. The highest BCUT2D eigenvalue weighted by atomic mass is 16.6. The number of non-ortho nitro benzene ring substituents is 1. The Morgan fingerprint density at radius 2 is 1.61 bits per heavy atom. The van der Waals surface area contributed by atoms with Gasteiger partial charge in [0.05, 0.1) is 12.0 Å². The van der Waals surface area contributed by atoms with Crippen molar-refractivity contribution in [2.75, 3.05) is 12.4 Å². The van der Waals surface area contributed by atoms with Gasteiger partial charge in [0.15, 0.2) is 0 Å². The van der Waals surface area contributed by atoms with Crippen molar-refractivity contribution in [3.63, 3.8) is 0 Å². The van der Waals surface area contributed by atoms with Gasteiger partial charge in [0.1, 0.15) is 5.75 Å². The summed E-state index contributed by atoms with van der Waals surface area (Å²) in [5.74, 6) is 0.454. The van der Waals surface area contributed by atoms with Crippen molar-refractivity contribution < 1.29 is 14.5 Å². The van der Waals surface area contributed by atoms with E-state index in [0.29, 0.717) is 11.3 Å². The highest BCUT2D eigenvalue weighted by molar-refractivity contribution is 6.04. The minimum atomic E-state index is -0.500. The van der Waals surface area contributed by atoms with E-state index in [1.807, 2.05) is 54.6 Å². The Morgan fingerprint density at radius 3 is 2.25 bits per heavy atom. The van der Waals surface area contributed by atoms with Crippen LogP contribution in [0.15, 0.2) is 72.8 Å². The molecule has 0 aromatic heterocycles. The van der Waals surface area contributed by atoms with Crippen LogP contribution in [0.1, 0.15) is 21.5 Å². The topological polar surface area (TPSA) is 81.5 Å². The summed E-state index contributed by atoms with van der Waals surface area (Å²) in [6.45, 7) is 0. The maximum absolute atomic E-state index is 12.3. The molecule has 140 valence electrons. The molecule has 0 radical (unpaired) electrons. The number of amides is 1. The Labute approximate surface area is 162 Å². The molecule has 3 aromatic carbocycles. The summed E-state index contributed by atoms with van der Waals surface area (Å²) < 4.78 is 5.21. The predicted molar refractivity (Wildman–Crippen MR) is 109 cm³/mol. The molecule has 0 bridgehead atoms. The molecule has 0 aliphatic carbocycles. The van der Waals surface area contributed by atoms with E-state index in [1.165, 1.54) is 24.3 Å². The lowest BCUT2D eigenvalue weighted by atomic mass is 10.1. The molecule has 0 saturated carbocycles. The summed E-state index contributed by atoms with van der Waals surface area (Å²) in [6.07, 6.45) is 3.90. The number of anilines is 1. The normalized spacial score (nSPS) is 10.6. The molecule has 0 unspecified atom stereocenters. The summed E-state index contributed by atoms with van der Waals surface area (Å²) in [7, 11) is 1.62. The quantitative estimate of drug-likeness (QED) is 0.373. The SMILES string of the molecule is COc1cccc(/C=C/c2cccc(NC(=O)c3ccc([N+](=O)[O-])cc3)c2)c1. The van der Waals surface area contributed by atoms with E-state index in [2.05, 4.69) is 5.32 Å². The Kier molecular flexibility index (Phi) is 5.81. The number of nitrogens with zero attached hydrogens (tertiary/aromatic N) is 1. The number of nitro benzene ring substituents is 1. The number of benzene rings is 3. The lowest BCUT2D eigenvalue weighted by molar-refractivity contribution is -0.384. The lowest BCUT2D eigenvalue weighted by Crippen LogP contribution is -2.11. The number of carbonyl (C=O) groups excluding carboxylic acids is 1. The van der Waals surface area contributed by atoms with Crippen LogP contribution >= 0.6 is 0 Å². The first-order valence-electron chi connectivity index (χ1n) is 8.53. The van der Waals surface area contributed by atoms with Crippen molar-refractivity contribution in [2.24, 2.45) is 0 Å². The van der Waals surface area contributed by atoms with Gasteiger partial charge >= 0.3 is 0 Å². The highest BCUT2D eigenvalue weighted by Gasteiger charge is 2.09. The first kappa shape index (κ1) is 18.8. The molecule has 0 saturated heterocycles. The Hall–Kier alpha value is -3.93. The largest absolute Gasteiger partial charge is 0.497 e. The van der Waals surface area contributed by atoms with E-state index in [4.69, 9.17) is 4.74 Å². The van der Waals surface area contributed by atoms with E-state index in [0.717, 1.165) is 16.9 Å². The Bertz CT molecular complexity index is 1030. The lowest BCUT2D eigenvalue weighted by Gasteiger charge is -2.06. The number of nitrogens with one attached hydrogen (secondary N) is 1. The third kappa shape index (κ3) is 4.82. The van der Waals surface area contributed by atoms with Crippen LogP contribution < -0.4 is 10.1 Å². The third-order valence-corrected chi connectivity index (χ3v) is 4.05. The molecule has 3 rings (SSSR count). The summed E-state index contributed by atoms with van der Waals surface area (Å²) in [5, 5.41) is 13.5. The van der Waals surface area contributed by atoms with Crippen LogP contribution in [0.5, 0.6) is 5.75 Å². The molecule has 6 nitrogen and oxygen atoms in total. The standard InChI is InChI=1S/C22H18N2O4/c1-28-21-7-3-5-17(15-21)9-8-16-4-2-6-19(14-16)23-22(25)18-10-12-20(13-11-18)24(26)27/h2-15H,1H3,(H,23,25)/b9-8+. The van der Waals surface area contributed by atoms with E-state index in [-0.39, 0.29) is 11.6 Å². The van der Waals surface area contributed by atoms with Crippen LogP contribution in [0.4, 0.5) is 11.4 Å². The number of nitro groups is 1. The van der Waals surface area contributed by atoms with Gasteiger partial charge in [-0.05, 0) is 47.5 Å². The summed E-state index contributed by atoms with van der Waals surface area (Å²) >= 11 is 0. The number of rotatable bonds is 6. The van der Waals surface area contributed by atoms with E-state index < -0.39 is 4.92 Å². The molecule has 1 amide bonds. The average molecular weight is 374 g/mol. The Balaban J connectivity index is 1.71. The molecule has 1 N–H and O–H groups in total. The van der Waals surface area contributed by atoms with Gasteiger partial charge < -0.3 is 10.1 Å². The second kappa shape index (κ2) is 8.64. The zero-order valence-electron chi connectivity index (χ0n) is 15.2. The second-order valence-corrected chi connectivity index (χ2v) is 5.99. The zero-order valence-corrected chi connectivity index (χ0v) is 15.2. The number of hydrogen-bond donors (Lipinski definition) is 1. The molecule has 0 heterocycles. The third-order valence-electron chi connectivity index (χ3n) is 4.05. The van der Waals surface area contributed by atoms with Crippen molar-refractivity contribution in [2.45, 2.75) is 0 Å². The minimum absolute atomic E-state index is 0.0544. The van der Waals surface area contributed by atoms with Gasteiger partial charge in [-0.1, -0.05) is 36.4 Å². The zero-order chi connectivity index (χ0) is 19.9. The monoisotopic (exact) mass is 374 g/mol. The molecule has 0 fully saturated rings. The van der Waals surface area contributed by atoms with Crippen molar-refractivity contribution in [1.82, 2.24) is 0 Å². The number of hydrogen-bond acceptors (Lipinski definition) is 4. The summed E-state index contributed by atoms with van der Waals surface area (Å²) in [6, 6.07) is 20.6. The van der Waals surface area contributed by atoms with Crippen LogP contribution in [0.2, 0.25) is 0 Å². The van der Waals surface area contributed by atoms with Gasteiger partial charge in [-0.3, -0.25) is 14.9 Å². The molecule has 28 heavy (non-hydrogen) atoms. The number of methoxy groups -OCH3 is 1. The molecule has 0 aliphatic rings. The molecule has 0 spiro atoms. The average Bonchev–Trinajstić information content (AvgIpc) is 2.72. The van der Waals surface area contributed by atoms with E-state index in [1.54, 1.807) is 13.2 Å². The molecule has 6 heteroatoms. The highest BCUT2D eigenvalue weighted by Crippen LogP contribution is 2.18. The molecular formula is C22H18N2O4. The first-order valence-corrected chi connectivity index (χ1v) is 8.53. The van der Waals surface area contributed by atoms with Crippen LogP contribution in [0.3, 0.4) is 0 Å². The fourth-order valence-corrected chi connectivity index (χ4v) is 2.60. The van der Waals surface area contributed by atoms with Crippen LogP contribution in [0.25, 0.3) is 12.2 Å². The van der Waals surface area contributed by atoms with E-state index in [9.17, 15) is 14.9 Å². The maximum atomic E-state index is 12.3. The number of carbonyl (C=O) groups is 1. The minimum Gasteiger partial charge on any atom is -0.497 e. The van der Waals surface area contributed by atoms with Gasteiger partial charge in [0.2, 0.25) is 0 Å². The fraction of sp³-hybridized carbons (Fsp3) is 0.0455. The number of ether oxygens (including phenoxy) is 1. The summed E-state index contributed by atoms with van der Waals surface area (Å²) in [5.41, 5.74) is 2.85. The molecule has 0 atom stereocenters. The van der Waals surface area contributed by atoms with Crippen molar-refractivity contribution in [3.8, 4) is 5.75 Å². The van der Waals surface area contributed by atoms with Gasteiger partial charge in [-0.25, -0.2) is 0 Å². The predicted octanol–water partition coefficient (Wildman–Crippen LogP) is 5.03. The molecule has 0 aliphatic heterocycles. The molecular weight excluding hydrogens is 356 g/mol. The van der Waals surface area contributed by atoms with Gasteiger partial charge in [-0.15, -0.1) is 0 Å². The smallest absolute Gasteiger partial charge is 0.269 e. The van der Waals surface area contributed by atoms with Crippen LogP contribution in [-0.4, -0.2) is 17.9 Å². The second-order valence-electron chi connectivity index (χ2n) is 5.99. The maximum Gasteiger partial charge on any atom is 0.269 e. The van der Waals surface area contributed by atoms with E-state index >= 15 is 0 Å². The fourth-order valence-electron chi connectivity index (χ4n) is 2.60. The van der Waals surface area contributed by atoms with Crippen molar-refractivity contribution in [3.05, 3.63) is 99.6 Å². The van der Waals surface area contributed by atoms with Crippen LogP contribution in [-0.2, 0) is 0 Å². The van der Waals surface area contributed by atoms with Crippen molar-refractivity contribution >= 4 is 29.4 Å². The molecule has 3 aromatic rings. The Morgan fingerprint density at radius 1 is 0.964 bits per heavy atom. The van der Waals surface area contributed by atoms with Gasteiger partial charge in [0, 0.05) is 23.4 Å². The van der Waals surface area contributed by atoms with Gasteiger partial charge in [0.25, 0.3) is 11.6 Å².